The molecule has 0 aliphatic rings. The van der Waals surface area contributed by atoms with Gasteiger partial charge in [-0.1, -0.05) is 47.1 Å². The van der Waals surface area contributed by atoms with Gasteiger partial charge in [0.1, 0.15) is 11.3 Å². The fraction of sp³-hybridized carbons (Fsp3) is 0.150. The van der Waals surface area contributed by atoms with E-state index < -0.39 is 11.5 Å². The fourth-order valence-corrected chi connectivity index (χ4v) is 3.27. The molecule has 0 atom stereocenters. The molecule has 3 rings (SSSR count). The maximum Gasteiger partial charge on any atom is 0.280 e. The number of para-hydroxylation sites is 1. The lowest BCUT2D eigenvalue weighted by Crippen LogP contribution is -2.31. The van der Waals surface area contributed by atoms with Crippen LogP contribution in [0.15, 0.2) is 62.9 Å². The van der Waals surface area contributed by atoms with Crippen molar-refractivity contribution in [1.82, 2.24) is 9.99 Å². The van der Waals surface area contributed by atoms with E-state index in [4.69, 9.17) is 0 Å². The van der Waals surface area contributed by atoms with E-state index in [0.717, 1.165) is 16.5 Å². The Morgan fingerprint density at radius 2 is 2.04 bits per heavy atom. The number of halogens is 1. The lowest BCUT2D eigenvalue weighted by molar-refractivity contribution is 0.0950. The van der Waals surface area contributed by atoms with E-state index in [1.807, 2.05) is 31.2 Å². The number of pyridine rings is 1. The number of hydrogen-bond acceptors (Lipinski definition) is 4. The summed E-state index contributed by atoms with van der Waals surface area (Å²) in [4.78, 5) is 25.3. The van der Waals surface area contributed by atoms with Crippen molar-refractivity contribution in [2.45, 2.75) is 19.9 Å². The van der Waals surface area contributed by atoms with Crippen molar-refractivity contribution < 1.29 is 9.90 Å². The van der Waals surface area contributed by atoms with Crippen LogP contribution in [0.2, 0.25) is 0 Å². The van der Waals surface area contributed by atoms with Crippen molar-refractivity contribution in [3.05, 3.63) is 74.5 Å². The highest BCUT2D eigenvalue weighted by Crippen LogP contribution is 2.26. The quantitative estimate of drug-likeness (QED) is 0.481. The molecule has 138 valence electrons. The molecule has 0 saturated carbocycles. The summed E-state index contributed by atoms with van der Waals surface area (Å²) < 4.78 is 2.38. The number of nitrogens with zero attached hydrogens (tertiary/aromatic N) is 2. The zero-order valence-corrected chi connectivity index (χ0v) is 16.2. The monoisotopic (exact) mass is 427 g/mol. The first-order chi connectivity index (χ1) is 13.0. The van der Waals surface area contributed by atoms with E-state index in [1.165, 1.54) is 10.8 Å². The molecule has 6 nitrogen and oxygen atoms in total. The Labute approximate surface area is 164 Å². The summed E-state index contributed by atoms with van der Waals surface area (Å²) in [5, 5.41) is 14.9. The molecule has 1 heterocycles. The van der Waals surface area contributed by atoms with Crippen LogP contribution in [0.1, 0.15) is 29.3 Å². The molecule has 27 heavy (non-hydrogen) atoms. The lowest BCUT2D eigenvalue weighted by atomic mass is 10.1. The van der Waals surface area contributed by atoms with Crippen molar-refractivity contribution in [1.29, 1.82) is 0 Å². The molecule has 7 heteroatoms. The molecular formula is C20H18BrN3O3. The summed E-state index contributed by atoms with van der Waals surface area (Å²) in [6, 6.07) is 14.3. The minimum absolute atomic E-state index is 0.312. The Morgan fingerprint density at radius 1 is 1.26 bits per heavy atom. The highest BCUT2D eigenvalue weighted by molar-refractivity contribution is 9.10. The Hall–Kier alpha value is -2.93. The Bertz CT molecular complexity index is 1090. The van der Waals surface area contributed by atoms with Gasteiger partial charge in [0.2, 0.25) is 0 Å². The summed E-state index contributed by atoms with van der Waals surface area (Å²) in [5.74, 6) is -1.09. The molecule has 0 bridgehead atoms. The standard InChI is InChI=1S/C20H18BrN3O3/c1-2-10-24-16-9-4-3-8-15(16)18(25)17(20(24)27)19(26)23-22-12-13-6-5-7-14(21)11-13/h3-9,11-12,25H,2,10H2,1H3,(H,23,26)/b22-12-. The Morgan fingerprint density at radius 3 is 2.78 bits per heavy atom. The molecule has 0 aliphatic heterocycles. The number of aryl methyl sites for hydroxylation is 1. The normalized spacial score (nSPS) is 11.2. The van der Waals surface area contributed by atoms with E-state index >= 15 is 0 Å². The summed E-state index contributed by atoms with van der Waals surface area (Å²) in [5.41, 5.74) is 2.84. The van der Waals surface area contributed by atoms with Crippen LogP contribution in [-0.4, -0.2) is 21.8 Å². The third-order valence-electron chi connectivity index (χ3n) is 4.05. The zero-order chi connectivity index (χ0) is 19.4. The van der Waals surface area contributed by atoms with Gasteiger partial charge in [-0.2, -0.15) is 5.10 Å². The first kappa shape index (κ1) is 18.8. The second-order valence-corrected chi connectivity index (χ2v) is 6.87. The van der Waals surface area contributed by atoms with Gasteiger partial charge in [-0.15, -0.1) is 0 Å². The Kier molecular flexibility index (Phi) is 5.71. The number of nitrogens with one attached hydrogen (secondary N) is 1. The van der Waals surface area contributed by atoms with Gasteiger partial charge in [-0.25, -0.2) is 5.43 Å². The minimum Gasteiger partial charge on any atom is -0.506 e. The zero-order valence-electron chi connectivity index (χ0n) is 14.6. The molecule has 0 fully saturated rings. The largest absolute Gasteiger partial charge is 0.506 e. The average Bonchev–Trinajstić information content (AvgIpc) is 2.65. The van der Waals surface area contributed by atoms with E-state index in [9.17, 15) is 14.7 Å². The number of carbonyl (C=O) groups is 1. The van der Waals surface area contributed by atoms with E-state index in [0.29, 0.717) is 17.4 Å². The second kappa shape index (κ2) is 8.18. The SMILES string of the molecule is CCCn1c(=O)c(C(=O)N/N=C\c2cccc(Br)c2)c(O)c2ccccc21. The number of benzene rings is 2. The highest BCUT2D eigenvalue weighted by atomic mass is 79.9. The van der Waals surface area contributed by atoms with Crippen LogP contribution < -0.4 is 11.0 Å². The first-order valence-corrected chi connectivity index (χ1v) is 9.25. The molecule has 2 aromatic carbocycles. The van der Waals surface area contributed by atoms with Crippen LogP contribution >= 0.6 is 15.9 Å². The third-order valence-corrected chi connectivity index (χ3v) is 4.54. The van der Waals surface area contributed by atoms with Crippen molar-refractivity contribution in [3.63, 3.8) is 0 Å². The Balaban J connectivity index is 1.98. The lowest BCUT2D eigenvalue weighted by Gasteiger charge is -2.13. The summed E-state index contributed by atoms with van der Waals surface area (Å²) >= 11 is 3.36. The molecular weight excluding hydrogens is 410 g/mol. The second-order valence-electron chi connectivity index (χ2n) is 5.95. The van der Waals surface area contributed by atoms with Crippen LogP contribution in [0.4, 0.5) is 0 Å². The van der Waals surface area contributed by atoms with Gasteiger partial charge in [0.25, 0.3) is 11.5 Å². The van der Waals surface area contributed by atoms with E-state index in [1.54, 1.807) is 24.3 Å². The van der Waals surface area contributed by atoms with E-state index in [-0.39, 0.29) is 11.3 Å². The molecule has 1 aromatic heterocycles. The molecule has 3 aromatic rings. The van der Waals surface area contributed by atoms with Gasteiger partial charge < -0.3 is 9.67 Å². The fourth-order valence-electron chi connectivity index (χ4n) is 2.85. The molecule has 0 aliphatic carbocycles. The van der Waals surface area contributed by atoms with Crippen LogP contribution in [-0.2, 0) is 6.54 Å². The van der Waals surface area contributed by atoms with Crippen molar-refractivity contribution in [2.75, 3.05) is 0 Å². The average molecular weight is 428 g/mol. The van der Waals surface area contributed by atoms with Gasteiger partial charge in [-0.3, -0.25) is 9.59 Å². The predicted molar refractivity (Wildman–Crippen MR) is 109 cm³/mol. The smallest absolute Gasteiger partial charge is 0.280 e. The number of amides is 1. The van der Waals surface area contributed by atoms with Gasteiger partial charge in [-0.05, 0) is 36.2 Å². The highest BCUT2D eigenvalue weighted by Gasteiger charge is 2.21. The number of carbonyl (C=O) groups excluding carboxylic acids is 1. The summed E-state index contributed by atoms with van der Waals surface area (Å²) in [7, 11) is 0. The van der Waals surface area contributed by atoms with Gasteiger partial charge >= 0.3 is 0 Å². The first-order valence-electron chi connectivity index (χ1n) is 8.46. The number of fused-ring (bicyclic) bond motifs is 1. The number of rotatable bonds is 5. The maximum atomic E-state index is 12.8. The molecule has 1 amide bonds. The van der Waals surface area contributed by atoms with Crippen LogP contribution in [0.3, 0.4) is 0 Å². The van der Waals surface area contributed by atoms with Crippen molar-refractivity contribution >= 4 is 39.0 Å². The number of hydrazone groups is 1. The van der Waals surface area contributed by atoms with Crippen molar-refractivity contribution in [2.24, 2.45) is 5.10 Å². The van der Waals surface area contributed by atoms with Crippen molar-refractivity contribution in [3.8, 4) is 5.75 Å². The summed E-state index contributed by atoms with van der Waals surface area (Å²) in [6.45, 7) is 2.39. The van der Waals surface area contributed by atoms with Crippen LogP contribution in [0.5, 0.6) is 5.75 Å². The number of hydrogen-bond donors (Lipinski definition) is 2. The van der Waals surface area contributed by atoms with Gasteiger partial charge in [0, 0.05) is 16.4 Å². The molecule has 2 N–H and O–H groups in total. The molecule has 0 unspecified atom stereocenters. The molecule has 0 spiro atoms. The van der Waals surface area contributed by atoms with Crippen LogP contribution in [0, 0.1) is 0 Å². The molecule has 0 radical (unpaired) electrons. The predicted octanol–water partition coefficient (Wildman–Crippen LogP) is 3.64. The van der Waals surface area contributed by atoms with Gasteiger partial charge in [0.15, 0.2) is 0 Å². The number of aromatic nitrogens is 1. The maximum absolute atomic E-state index is 12.8. The minimum atomic E-state index is -0.751. The summed E-state index contributed by atoms with van der Waals surface area (Å²) in [6.07, 6.45) is 2.18. The van der Waals surface area contributed by atoms with Crippen LogP contribution in [0.25, 0.3) is 10.9 Å². The topological polar surface area (TPSA) is 83.7 Å². The van der Waals surface area contributed by atoms with E-state index in [2.05, 4.69) is 26.5 Å². The third kappa shape index (κ3) is 3.93. The number of aromatic hydroxyl groups is 1. The molecule has 0 saturated heterocycles. The van der Waals surface area contributed by atoms with Gasteiger partial charge in [0.05, 0.1) is 11.7 Å².